The summed E-state index contributed by atoms with van der Waals surface area (Å²) in [5, 5.41) is 0. The van der Waals surface area contributed by atoms with E-state index in [-0.39, 0.29) is 0 Å². The Balaban J connectivity index is 5.65. The Morgan fingerprint density at radius 3 is 0.420 bits per heavy atom. The zero-order valence-corrected chi connectivity index (χ0v) is 58.5. The Labute approximate surface area is 517 Å². The molecule has 0 aliphatic heterocycles. The molecule has 81 heavy (non-hydrogen) atoms. The van der Waals surface area contributed by atoms with Crippen LogP contribution in [0.5, 0.6) is 0 Å². The lowest BCUT2D eigenvalue weighted by Gasteiger charge is -2.40. The van der Waals surface area contributed by atoms with Gasteiger partial charge in [0.25, 0.3) is 0 Å². The summed E-state index contributed by atoms with van der Waals surface area (Å²) in [5.41, 5.74) is 0. The highest BCUT2D eigenvalue weighted by molar-refractivity contribution is 4.83. The monoisotopic (exact) mass is 1140 g/mol. The van der Waals surface area contributed by atoms with Gasteiger partial charge in [0.1, 0.15) is 0 Å². The Kier molecular flexibility index (Phi) is 69.0. The van der Waals surface area contributed by atoms with Crippen LogP contribution < -0.4 is 0 Å². The molecule has 0 saturated heterocycles. The first kappa shape index (κ1) is 81.0. The van der Waals surface area contributed by atoms with E-state index in [0.29, 0.717) is 24.0 Å². The van der Waals surface area contributed by atoms with E-state index < -0.39 is 0 Å². The van der Waals surface area contributed by atoms with Crippen molar-refractivity contribution in [3.63, 3.8) is 0 Å². The molecule has 1 nitrogen and oxygen atoms in total. The summed E-state index contributed by atoms with van der Waals surface area (Å²) in [4.78, 5) is 0. The van der Waals surface area contributed by atoms with E-state index in [4.69, 9.17) is 4.74 Å². The minimum atomic E-state index is 0.428. The summed E-state index contributed by atoms with van der Waals surface area (Å²) in [6.45, 7) is 19.5. The van der Waals surface area contributed by atoms with Gasteiger partial charge in [0, 0.05) is 0 Å². The quantitative estimate of drug-likeness (QED) is 0.0552. The van der Waals surface area contributed by atoms with Crippen LogP contribution in [0.15, 0.2) is 0 Å². The molecule has 1 heteroatoms. The molecule has 0 amide bonds. The molecule has 0 rings (SSSR count). The number of hydrogen-bond donors (Lipinski definition) is 0. The summed E-state index contributed by atoms with van der Waals surface area (Å²) >= 11 is 0. The predicted molar refractivity (Wildman–Crippen MR) is 373 cm³/mol. The fourth-order valence-corrected chi connectivity index (χ4v) is 14.1. The molecular weight excluding hydrogens is 977 g/mol. The van der Waals surface area contributed by atoms with Crippen LogP contribution in [-0.4, -0.2) is 12.2 Å². The molecule has 0 fully saturated rings. The largest absolute Gasteiger partial charge is 0.374 e. The first-order chi connectivity index (χ1) is 40.0. The Morgan fingerprint density at radius 1 is 0.173 bits per heavy atom. The molecule has 0 aromatic carbocycles. The van der Waals surface area contributed by atoms with E-state index in [0.717, 1.165) is 11.8 Å². The molecule has 488 valence electrons. The molecule has 0 aliphatic carbocycles. The molecule has 0 aromatic rings. The molecule has 0 aliphatic rings. The van der Waals surface area contributed by atoms with Crippen LogP contribution in [0, 0.1) is 23.7 Å². The average Bonchev–Trinajstić information content (AvgIpc) is 3.48. The highest BCUT2D eigenvalue weighted by Gasteiger charge is 2.34. The van der Waals surface area contributed by atoms with Gasteiger partial charge >= 0.3 is 0 Å². The average molecular weight is 1140 g/mol. The summed E-state index contributed by atoms with van der Waals surface area (Å²) in [6.07, 6.45) is 96.3. The van der Waals surface area contributed by atoms with Crippen molar-refractivity contribution in [2.24, 2.45) is 23.7 Å². The van der Waals surface area contributed by atoms with E-state index in [1.807, 2.05) is 0 Å². The predicted octanol–water partition coefficient (Wildman–Crippen LogP) is 30.1. The highest BCUT2D eigenvalue weighted by Crippen LogP contribution is 2.37. The SMILES string of the molecule is CCCCCCCCCCCCCCCCCCC(CCCCCCCCCCCCCCCC)C(OC(C(C)CC)C(CCCCCCCCCCCCCCCC)CCCCCCCCCCCCCCCCCC)C(C)CC. The summed E-state index contributed by atoms with van der Waals surface area (Å²) in [7, 11) is 0. The van der Waals surface area contributed by atoms with Gasteiger partial charge in [-0.2, -0.15) is 0 Å². The normalized spacial score (nSPS) is 14.2. The van der Waals surface area contributed by atoms with E-state index in [1.54, 1.807) is 0 Å². The number of rotatable bonds is 72. The van der Waals surface area contributed by atoms with E-state index >= 15 is 0 Å². The highest BCUT2D eigenvalue weighted by atomic mass is 16.5. The summed E-state index contributed by atoms with van der Waals surface area (Å²) in [6, 6.07) is 0. The van der Waals surface area contributed by atoms with Gasteiger partial charge in [0.05, 0.1) is 12.2 Å². The molecule has 0 radical (unpaired) electrons. The van der Waals surface area contributed by atoms with Crippen LogP contribution in [0.3, 0.4) is 0 Å². The van der Waals surface area contributed by atoms with Crippen molar-refractivity contribution >= 4 is 0 Å². The van der Waals surface area contributed by atoms with Crippen LogP contribution in [0.1, 0.15) is 479 Å². The zero-order chi connectivity index (χ0) is 58.8. The third-order valence-corrected chi connectivity index (χ3v) is 20.4. The van der Waals surface area contributed by atoms with E-state index in [1.165, 1.54) is 424 Å². The molecule has 6 atom stereocenters. The number of unbranched alkanes of at least 4 members (excludes halogenated alkanes) is 56. The Bertz CT molecular complexity index is 1010. The van der Waals surface area contributed by atoms with Crippen LogP contribution in [0.2, 0.25) is 0 Å². The second-order valence-electron chi connectivity index (χ2n) is 28.3. The topological polar surface area (TPSA) is 9.23 Å². The van der Waals surface area contributed by atoms with Crippen LogP contribution in [0.4, 0.5) is 0 Å². The smallest absolute Gasteiger partial charge is 0.0632 e. The van der Waals surface area contributed by atoms with Crippen LogP contribution >= 0.6 is 0 Å². The number of ether oxygens (including phenoxy) is 1. The van der Waals surface area contributed by atoms with Crippen molar-refractivity contribution < 1.29 is 4.74 Å². The fourth-order valence-electron chi connectivity index (χ4n) is 14.1. The van der Waals surface area contributed by atoms with Gasteiger partial charge in [0.15, 0.2) is 0 Å². The number of hydrogen-bond acceptors (Lipinski definition) is 1. The van der Waals surface area contributed by atoms with Crippen molar-refractivity contribution in [2.45, 2.75) is 491 Å². The maximum Gasteiger partial charge on any atom is 0.0632 e. The molecule has 0 heterocycles. The van der Waals surface area contributed by atoms with Crippen LogP contribution in [0.25, 0.3) is 0 Å². The lowest BCUT2D eigenvalue weighted by atomic mass is 9.80. The molecule has 0 aromatic heterocycles. The van der Waals surface area contributed by atoms with Crippen molar-refractivity contribution in [3.8, 4) is 0 Å². The van der Waals surface area contributed by atoms with Crippen molar-refractivity contribution in [1.82, 2.24) is 0 Å². The van der Waals surface area contributed by atoms with Crippen molar-refractivity contribution in [1.29, 1.82) is 0 Å². The minimum absolute atomic E-state index is 0.428. The first-order valence-electron chi connectivity index (χ1n) is 39.7. The minimum Gasteiger partial charge on any atom is -0.374 e. The second-order valence-corrected chi connectivity index (χ2v) is 28.3. The van der Waals surface area contributed by atoms with Gasteiger partial charge in [-0.25, -0.2) is 0 Å². The van der Waals surface area contributed by atoms with Gasteiger partial charge in [-0.15, -0.1) is 0 Å². The van der Waals surface area contributed by atoms with E-state index in [2.05, 4.69) is 55.4 Å². The summed E-state index contributed by atoms with van der Waals surface area (Å²) < 4.78 is 7.98. The fraction of sp³-hybridized carbons (Fsp3) is 1.00. The van der Waals surface area contributed by atoms with Gasteiger partial charge in [-0.1, -0.05) is 453 Å². The van der Waals surface area contributed by atoms with Crippen molar-refractivity contribution in [3.05, 3.63) is 0 Å². The third kappa shape index (κ3) is 57.5. The third-order valence-electron chi connectivity index (χ3n) is 20.4. The lowest BCUT2D eigenvalue weighted by molar-refractivity contribution is -0.120. The zero-order valence-electron chi connectivity index (χ0n) is 58.5. The standard InChI is InChI=1S/C80H162O/c1-9-15-19-23-27-31-35-39-43-45-49-53-57-61-65-69-73-77(71-67-63-59-55-51-47-41-37-33-29-25-21-17-11-3)79(75(7)13-5)81-80(76(8)14-6)78(72-68-64-60-56-52-48-42-38-34-30-26-22-18-12-4)74-70-66-62-58-54-50-46-44-40-36-32-28-24-20-16-10-2/h75-80H,9-74H2,1-8H3. The van der Waals surface area contributed by atoms with Gasteiger partial charge in [-0.3, -0.25) is 0 Å². The first-order valence-corrected chi connectivity index (χ1v) is 39.7. The van der Waals surface area contributed by atoms with Crippen LogP contribution in [-0.2, 0) is 4.74 Å². The maximum absolute atomic E-state index is 7.98. The molecule has 0 saturated carbocycles. The Morgan fingerprint density at radius 2 is 0.296 bits per heavy atom. The maximum atomic E-state index is 7.98. The molecule has 0 bridgehead atoms. The molecular formula is C80H162O. The molecule has 6 unspecified atom stereocenters. The molecule has 0 spiro atoms. The van der Waals surface area contributed by atoms with Gasteiger partial charge < -0.3 is 4.74 Å². The van der Waals surface area contributed by atoms with E-state index in [9.17, 15) is 0 Å². The Hall–Kier alpha value is -0.0400. The lowest BCUT2D eigenvalue weighted by Crippen LogP contribution is -2.40. The van der Waals surface area contributed by atoms with Crippen molar-refractivity contribution in [2.75, 3.05) is 0 Å². The second kappa shape index (κ2) is 69.1. The van der Waals surface area contributed by atoms with Gasteiger partial charge in [-0.05, 0) is 49.4 Å². The van der Waals surface area contributed by atoms with Gasteiger partial charge in [0.2, 0.25) is 0 Å². The molecule has 0 N–H and O–H groups in total. The summed E-state index contributed by atoms with van der Waals surface area (Å²) in [5.74, 6) is 2.75.